The van der Waals surface area contributed by atoms with Crippen LogP contribution < -0.4 is 15.4 Å². The largest absolute Gasteiger partial charge is 0.494 e. The number of anilines is 2. The molecule has 0 spiro atoms. The summed E-state index contributed by atoms with van der Waals surface area (Å²) in [5.74, 6) is 0.723. The molecular formula is C15H21N3O2S. The Labute approximate surface area is 130 Å². The second kappa shape index (κ2) is 6.76. The maximum Gasteiger partial charge on any atom is 0.224 e. The minimum Gasteiger partial charge on any atom is -0.494 e. The van der Waals surface area contributed by atoms with Gasteiger partial charge in [-0.2, -0.15) is 0 Å². The van der Waals surface area contributed by atoms with E-state index in [2.05, 4.69) is 10.6 Å². The van der Waals surface area contributed by atoms with Crippen molar-refractivity contribution < 1.29 is 9.53 Å². The summed E-state index contributed by atoms with van der Waals surface area (Å²) in [7, 11) is 3.55. The number of carbonyl (C=O) groups excluding carboxylic acids is 1. The monoisotopic (exact) mass is 307 g/mol. The lowest BCUT2D eigenvalue weighted by atomic mass is 10.1. The van der Waals surface area contributed by atoms with Gasteiger partial charge in [-0.1, -0.05) is 0 Å². The van der Waals surface area contributed by atoms with E-state index >= 15 is 0 Å². The van der Waals surface area contributed by atoms with Crippen LogP contribution in [-0.2, 0) is 11.2 Å². The highest BCUT2D eigenvalue weighted by molar-refractivity contribution is 7.80. The first-order valence-electron chi connectivity index (χ1n) is 7.08. The van der Waals surface area contributed by atoms with Crippen molar-refractivity contribution in [3.8, 4) is 5.75 Å². The van der Waals surface area contributed by atoms with Crippen molar-refractivity contribution in [2.24, 2.45) is 0 Å². The Morgan fingerprint density at radius 2 is 2.24 bits per heavy atom. The Kier molecular flexibility index (Phi) is 5.01. The average molecular weight is 307 g/mol. The molecule has 1 aliphatic heterocycles. The van der Waals surface area contributed by atoms with Gasteiger partial charge in [-0.3, -0.25) is 4.79 Å². The number of methoxy groups -OCH3 is 1. The van der Waals surface area contributed by atoms with Crippen molar-refractivity contribution in [1.29, 1.82) is 0 Å². The molecule has 2 rings (SSSR count). The molecule has 114 valence electrons. The van der Waals surface area contributed by atoms with Gasteiger partial charge in [-0.15, -0.1) is 0 Å². The number of carbonyl (C=O) groups is 1. The normalized spacial score (nSPS) is 13.8. The van der Waals surface area contributed by atoms with E-state index < -0.39 is 0 Å². The van der Waals surface area contributed by atoms with Gasteiger partial charge in [0.25, 0.3) is 0 Å². The Hall–Kier alpha value is -1.82. The number of hydrogen-bond acceptors (Lipinski definition) is 3. The van der Waals surface area contributed by atoms with Gasteiger partial charge < -0.3 is 20.3 Å². The quantitative estimate of drug-likeness (QED) is 0.841. The molecule has 1 aliphatic rings. The van der Waals surface area contributed by atoms with Crippen LogP contribution in [0, 0.1) is 0 Å². The van der Waals surface area contributed by atoms with Gasteiger partial charge in [-0.05, 0) is 43.6 Å². The first kappa shape index (κ1) is 15.6. The van der Waals surface area contributed by atoms with Crippen LogP contribution in [0.25, 0.3) is 0 Å². The minimum atomic E-state index is 0.0535. The molecule has 0 radical (unpaired) electrons. The minimum absolute atomic E-state index is 0.0535. The van der Waals surface area contributed by atoms with Gasteiger partial charge in [0.1, 0.15) is 5.75 Å². The molecule has 21 heavy (non-hydrogen) atoms. The van der Waals surface area contributed by atoms with Gasteiger partial charge in [0.15, 0.2) is 5.11 Å². The maximum atomic E-state index is 11.6. The zero-order chi connectivity index (χ0) is 15.4. The van der Waals surface area contributed by atoms with Crippen LogP contribution in [0.15, 0.2) is 12.1 Å². The molecule has 1 aromatic carbocycles. The zero-order valence-electron chi connectivity index (χ0n) is 12.7. The van der Waals surface area contributed by atoms with Crippen molar-refractivity contribution in [1.82, 2.24) is 4.90 Å². The molecule has 0 saturated heterocycles. The van der Waals surface area contributed by atoms with Crippen molar-refractivity contribution >= 4 is 34.6 Å². The molecule has 0 fully saturated rings. The number of hydrogen-bond donors (Lipinski definition) is 2. The number of aryl methyl sites for hydroxylation is 1. The fourth-order valence-electron chi connectivity index (χ4n) is 2.22. The lowest BCUT2D eigenvalue weighted by molar-refractivity contribution is -0.116. The highest BCUT2D eigenvalue weighted by Gasteiger charge is 2.17. The number of benzene rings is 1. The lowest BCUT2D eigenvalue weighted by Crippen LogP contribution is -2.30. The highest BCUT2D eigenvalue weighted by Crippen LogP contribution is 2.34. The first-order chi connectivity index (χ1) is 10.0. The molecule has 0 saturated carbocycles. The predicted octanol–water partition coefficient (Wildman–Crippen LogP) is 2.62. The van der Waals surface area contributed by atoms with Gasteiger partial charge in [0.05, 0.1) is 12.8 Å². The third-order valence-electron chi connectivity index (χ3n) is 3.61. The fraction of sp³-hybridized carbons (Fsp3) is 0.467. The summed E-state index contributed by atoms with van der Waals surface area (Å²) in [5.41, 5.74) is 2.76. The number of rotatable bonds is 3. The van der Waals surface area contributed by atoms with Crippen LogP contribution >= 0.6 is 12.2 Å². The molecule has 0 bridgehead atoms. The Bertz CT molecular complexity index is 560. The van der Waals surface area contributed by atoms with E-state index in [-0.39, 0.29) is 5.91 Å². The summed E-state index contributed by atoms with van der Waals surface area (Å²) in [5, 5.41) is 6.78. The van der Waals surface area contributed by atoms with Crippen molar-refractivity contribution in [3.63, 3.8) is 0 Å². The standard InChI is InChI=1S/C15H21N3O2S/c1-4-18(2)15(21)17-12-8-10-6-5-7-14(19)16-11(10)9-13(12)20-3/h8-9H,4-7H2,1-3H3,(H,16,19)(H,17,21). The second-order valence-electron chi connectivity index (χ2n) is 5.06. The molecule has 2 N–H and O–H groups in total. The SMILES string of the molecule is CCN(C)C(=S)Nc1cc2c(cc1OC)NC(=O)CCC2. The summed E-state index contributed by atoms with van der Waals surface area (Å²) in [6, 6.07) is 3.87. The van der Waals surface area contributed by atoms with Gasteiger partial charge in [-0.25, -0.2) is 0 Å². The highest BCUT2D eigenvalue weighted by atomic mass is 32.1. The fourth-order valence-corrected chi connectivity index (χ4v) is 2.46. The van der Waals surface area contributed by atoms with E-state index in [0.717, 1.165) is 36.3 Å². The Balaban J connectivity index is 2.31. The van der Waals surface area contributed by atoms with Crippen LogP contribution in [0.2, 0.25) is 0 Å². The average Bonchev–Trinajstić information content (AvgIpc) is 2.65. The van der Waals surface area contributed by atoms with Crippen molar-refractivity contribution in [2.45, 2.75) is 26.2 Å². The maximum absolute atomic E-state index is 11.6. The number of ether oxygens (including phenoxy) is 1. The lowest BCUT2D eigenvalue weighted by Gasteiger charge is -2.21. The van der Waals surface area contributed by atoms with Crippen LogP contribution in [0.4, 0.5) is 11.4 Å². The summed E-state index contributed by atoms with van der Waals surface area (Å²) < 4.78 is 5.41. The van der Waals surface area contributed by atoms with Crippen LogP contribution in [0.1, 0.15) is 25.3 Å². The van der Waals surface area contributed by atoms with E-state index in [4.69, 9.17) is 17.0 Å². The summed E-state index contributed by atoms with van der Waals surface area (Å²) in [6.07, 6.45) is 2.27. The molecule has 0 unspecified atom stereocenters. The second-order valence-corrected chi connectivity index (χ2v) is 5.44. The predicted molar refractivity (Wildman–Crippen MR) is 89.1 cm³/mol. The van der Waals surface area contributed by atoms with Gasteiger partial charge in [0, 0.05) is 31.8 Å². The van der Waals surface area contributed by atoms with E-state index in [0.29, 0.717) is 17.3 Å². The number of amides is 1. The van der Waals surface area contributed by atoms with Crippen LogP contribution in [0.3, 0.4) is 0 Å². The van der Waals surface area contributed by atoms with Crippen molar-refractivity contribution in [2.75, 3.05) is 31.3 Å². The van der Waals surface area contributed by atoms with Gasteiger partial charge in [0.2, 0.25) is 5.91 Å². The third kappa shape index (κ3) is 3.64. The molecule has 1 amide bonds. The molecule has 0 aliphatic carbocycles. The summed E-state index contributed by atoms with van der Waals surface area (Å²) in [6.45, 7) is 2.87. The van der Waals surface area contributed by atoms with Gasteiger partial charge >= 0.3 is 0 Å². The van der Waals surface area contributed by atoms with Crippen molar-refractivity contribution in [3.05, 3.63) is 17.7 Å². The molecule has 6 heteroatoms. The molecule has 0 aromatic heterocycles. The molecule has 1 aromatic rings. The van der Waals surface area contributed by atoms with Crippen LogP contribution in [-0.4, -0.2) is 36.6 Å². The number of nitrogens with one attached hydrogen (secondary N) is 2. The smallest absolute Gasteiger partial charge is 0.224 e. The van der Waals surface area contributed by atoms with E-state index in [1.807, 2.05) is 31.0 Å². The number of nitrogens with zero attached hydrogens (tertiary/aromatic N) is 1. The number of fused-ring (bicyclic) bond motifs is 1. The topological polar surface area (TPSA) is 53.6 Å². The Morgan fingerprint density at radius 3 is 2.90 bits per heavy atom. The van der Waals surface area contributed by atoms with Crippen LogP contribution in [0.5, 0.6) is 5.75 Å². The number of thiocarbonyl (C=S) groups is 1. The molecule has 1 heterocycles. The molecular weight excluding hydrogens is 286 g/mol. The van der Waals surface area contributed by atoms with E-state index in [1.165, 1.54) is 0 Å². The Morgan fingerprint density at radius 1 is 1.48 bits per heavy atom. The molecule has 0 atom stereocenters. The summed E-state index contributed by atoms with van der Waals surface area (Å²) >= 11 is 5.36. The summed E-state index contributed by atoms with van der Waals surface area (Å²) in [4.78, 5) is 13.6. The zero-order valence-corrected chi connectivity index (χ0v) is 13.5. The third-order valence-corrected chi connectivity index (χ3v) is 4.03. The van der Waals surface area contributed by atoms with E-state index in [9.17, 15) is 4.79 Å². The van der Waals surface area contributed by atoms with E-state index in [1.54, 1.807) is 7.11 Å². The first-order valence-corrected chi connectivity index (χ1v) is 7.48. The molecule has 5 nitrogen and oxygen atoms in total.